The molecule has 0 spiro atoms. The molecule has 2 heterocycles. The second kappa shape index (κ2) is 6.99. The number of alkyl halides is 3. The molecule has 1 aliphatic rings. The Morgan fingerprint density at radius 2 is 2.20 bits per heavy atom. The number of nitrogens with one attached hydrogen (secondary N) is 1. The van der Waals surface area contributed by atoms with Crippen LogP contribution in [0.4, 0.5) is 18.9 Å². The summed E-state index contributed by atoms with van der Waals surface area (Å²) in [6, 6.07) is -1.98. The highest BCUT2D eigenvalue weighted by atomic mass is 79.9. The van der Waals surface area contributed by atoms with Crippen molar-refractivity contribution in [1.29, 1.82) is 0 Å². The predicted octanol–water partition coefficient (Wildman–Crippen LogP) is 2.46. The first-order chi connectivity index (χ1) is 11.5. The largest absolute Gasteiger partial charge is 0.480 e. The molecule has 3 N–H and O–H groups in total. The van der Waals surface area contributed by atoms with Crippen molar-refractivity contribution < 1.29 is 22.7 Å². The lowest BCUT2D eigenvalue weighted by atomic mass is 10.0. The number of carbonyl (C=O) groups is 1. The number of hydrogen-bond acceptors (Lipinski definition) is 5. The lowest BCUT2D eigenvalue weighted by molar-refractivity contribution is -0.149. The van der Waals surface area contributed by atoms with Gasteiger partial charge in [0, 0.05) is 24.8 Å². The number of nitrogens with two attached hydrogens (primary N) is 1. The molecule has 1 unspecified atom stereocenters. The number of amides is 1. The minimum absolute atomic E-state index is 0.0291. The number of nitrogens with zero attached hydrogens (tertiary/aromatic N) is 2. The average Bonchev–Trinajstić information content (AvgIpc) is 2.85. The van der Waals surface area contributed by atoms with Gasteiger partial charge in [-0.25, -0.2) is 4.98 Å². The van der Waals surface area contributed by atoms with E-state index in [9.17, 15) is 18.0 Å². The summed E-state index contributed by atoms with van der Waals surface area (Å²) in [5.74, 6) is -0.623. The van der Waals surface area contributed by atoms with Gasteiger partial charge in [0.1, 0.15) is 10.5 Å². The fourth-order valence-electron chi connectivity index (χ4n) is 2.61. The van der Waals surface area contributed by atoms with E-state index in [1.54, 1.807) is 0 Å². The van der Waals surface area contributed by atoms with Crippen molar-refractivity contribution >= 4 is 27.5 Å². The minimum atomic E-state index is -4.53. The molecule has 10 heteroatoms. The first kappa shape index (κ1) is 19.8. The molecule has 0 aromatic carbocycles. The third kappa shape index (κ3) is 4.35. The highest BCUT2D eigenvalue weighted by Gasteiger charge is 2.39. The van der Waals surface area contributed by atoms with Gasteiger partial charge >= 0.3 is 6.18 Å². The number of aromatic nitrogens is 1. The first-order valence-corrected chi connectivity index (χ1v) is 8.39. The molecule has 0 bridgehead atoms. The van der Waals surface area contributed by atoms with Crippen molar-refractivity contribution in [1.82, 2.24) is 10.3 Å². The zero-order valence-corrected chi connectivity index (χ0v) is 15.7. The van der Waals surface area contributed by atoms with Crippen molar-refractivity contribution in [3.63, 3.8) is 0 Å². The van der Waals surface area contributed by atoms with Crippen LogP contribution in [0.25, 0.3) is 0 Å². The van der Waals surface area contributed by atoms with E-state index in [0.29, 0.717) is 29.7 Å². The van der Waals surface area contributed by atoms with Gasteiger partial charge in [0.2, 0.25) is 5.88 Å². The smallest absolute Gasteiger partial charge is 0.408 e. The van der Waals surface area contributed by atoms with Crippen LogP contribution in [0.3, 0.4) is 0 Å². The van der Waals surface area contributed by atoms with E-state index < -0.39 is 23.7 Å². The Morgan fingerprint density at radius 3 is 2.68 bits per heavy atom. The number of ether oxygens (including phenoxy) is 1. The zero-order valence-electron chi connectivity index (χ0n) is 14.1. The van der Waals surface area contributed by atoms with Crippen LogP contribution in [-0.2, 0) is 0 Å². The Labute approximate surface area is 152 Å². The molecule has 1 amide bonds. The maximum absolute atomic E-state index is 12.7. The summed E-state index contributed by atoms with van der Waals surface area (Å²) in [4.78, 5) is 18.3. The van der Waals surface area contributed by atoms with Crippen molar-refractivity contribution in [2.75, 3.05) is 25.1 Å². The number of methoxy groups -OCH3 is 1. The standard InChI is InChI=1S/C15H20BrF3N4O2/c1-8(15(17,18)19)22-12(24)9-6-21-13(25-3)10(16)11(9)23-5-4-14(2,20)7-23/h6,8H,4-5,7,20H2,1-3H3,(H,22,24)/t8?,14-/m0/s1. The zero-order chi connectivity index (χ0) is 19.0. The third-order valence-corrected chi connectivity index (χ3v) is 4.77. The normalized spacial score (nSPS) is 22.0. The van der Waals surface area contributed by atoms with Crippen LogP contribution in [0.2, 0.25) is 0 Å². The number of hydrogen-bond donors (Lipinski definition) is 2. The van der Waals surface area contributed by atoms with Gasteiger partial charge in [0.25, 0.3) is 5.91 Å². The number of anilines is 1. The van der Waals surface area contributed by atoms with Gasteiger partial charge in [-0.1, -0.05) is 0 Å². The Hall–Kier alpha value is -1.55. The molecule has 2 rings (SSSR count). The Balaban J connectivity index is 2.41. The summed E-state index contributed by atoms with van der Waals surface area (Å²) in [7, 11) is 1.42. The molecule has 1 aliphatic heterocycles. The highest BCUT2D eigenvalue weighted by molar-refractivity contribution is 9.10. The molecular formula is C15H20BrF3N4O2. The number of pyridine rings is 1. The molecular weight excluding hydrogens is 405 g/mol. The number of carbonyl (C=O) groups excluding carboxylic acids is 1. The molecule has 0 radical (unpaired) electrons. The Morgan fingerprint density at radius 1 is 1.56 bits per heavy atom. The van der Waals surface area contributed by atoms with Crippen molar-refractivity contribution in [2.45, 2.75) is 38.0 Å². The SMILES string of the molecule is COc1ncc(C(=O)NC(C)C(F)(F)F)c(N2CC[C@](C)(N)C2)c1Br. The van der Waals surface area contributed by atoms with Crippen LogP contribution < -0.4 is 20.7 Å². The minimum Gasteiger partial charge on any atom is -0.480 e. The highest BCUT2D eigenvalue weighted by Crippen LogP contribution is 2.39. The molecule has 6 nitrogen and oxygen atoms in total. The van der Waals surface area contributed by atoms with Gasteiger partial charge in [-0.3, -0.25) is 4.79 Å². The monoisotopic (exact) mass is 424 g/mol. The van der Waals surface area contributed by atoms with E-state index in [4.69, 9.17) is 10.5 Å². The van der Waals surface area contributed by atoms with Gasteiger partial charge in [-0.05, 0) is 36.2 Å². The van der Waals surface area contributed by atoms with Crippen molar-refractivity contribution in [2.24, 2.45) is 5.73 Å². The maximum atomic E-state index is 12.7. The van der Waals surface area contributed by atoms with Gasteiger partial charge in [-0.15, -0.1) is 0 Å². The summed E-state index contributed by atoms with van der Waals surface area (Å²) < 4.78 is 43.8. The van der Waals surface area contributed by atoms with Gasteiger partial charge in [0.05, 0.1) is 18.4 Å². The summed E-state index contributed by atoms with van der Waals surface area (Å²) in [6.45, 7) is 3.78. The van der Waals surface area contributed by atoms with Crippen LogP contribution in [0, 0.1) is 0 Å². The Bertz CT molecular complexity index is 667. The topological polar surface area (TPSA) is 80.5 Å². The van der Waals surface area contributed by atoms with Gasteiger partial charge in [0.15, 0.2) is 0 Å². The van der Waals surface area contributed by atoms with E-state index in [0.717, 1.165) is 6.92 Å². The number of halogens is 4. The van der Waals surface area contributed by atoms with E-state index in [2.05, 4.69) is 20.9 Å². The van der Waals surface area contributed by atoms with Gasteiger partial charge < -0.3 is 20.7 Å². The quantitative estimate of drug-likeness (QED) is 0.775. The lowest BCUT2D eigenvalue weighted by Gasteiger charge is -2.26. The molecule has 0 aliphatic carbocycles. The molecule has 1 fully saturated rings. The molecule has 1 aromatic heterocycles. The molecule has 2 atom stereocenters. The van der Waals surface area contributed by atoms with E-state index in [1.165, 1.54) is 13.3 Å². The van der Waals surface area contributed by atoms with Crippen LogP contribution >= 0.6 is 15.9 Å². The third-order valence-electron chi connectivity index (χ3n) is 4.06. The van der Waals surface area contributed by atoms with E-state index in [1.807, 2.05) is 17.1 Å². The van der Waals surface area contributed by atoms with E-state index >= 15 is 0 Å². The number of rotatable bonds is 4. The summed E-state index contributed by atoms with van der Waals surface area (Å²) >= 11 is 3.34. The first-order valence-electron chi connectivity index (χ1n) is 7.60. The van der Waals surface area contributed by atoms with Crippen LogP contribution in [-0.4, -0.2) is 48.8 Å². The van der Waals surface area contributed by atoms with Crippen LogP contribution in [0.1, 0.15) is 30.6 Å². The molecule has 25 heavy (non-hydrogen) atoms. The Kier molecular flexibility index (Phi) is 5.53. The second-order valence-corrected chi connectivity index (χ2v) is 7.20. The predicted molar refractivity (Wildman–Crippen MR) is 90.9 cm³/mol. The average molecular weight is 425 g/mol. The van der Waals surface area contributed by atoms with E-state index in [-0.39, 0.29) is 11.4 Å². The fourth-order valence-corrected chi connectivity index (χ4v) is 3.34. The molecule has 1 saturated heterocycles. The summed E-state index contributed by atoms with van der Waals surface area (Å²) in [6.07, 6.45) is -2.63. The second-order valence-electron chi connectivity index (χ2n) is 6.41. The summed E-state index contributed by atoms with van der Waals surface area (Å²) in [5, 5.41) is 1.96. The van der Waals surface area contributed by atoms with Crippen LogP contribution in [0.5, 0.6) is 5.88 Å². The molecule has 140 valence electrons. The van der Waals surface area contributed by atoms with Crippen molar-refractivity contribution in [3.05, 3.63) is 16.2 Å². The molecule has 0 saturated carbocycles. The van der Waals surface area contributed by atoms with Crippen molar-refractivity contribution in [3.8, 4) is 5.88 Å². The lowest BCUT2D eigenvalue weighted by Crippen LogP contribution is -2.44. The molecule has 1 aromatic rings. The fraction of sp³-hybridized carbons (Fsp3) is 0.600. The maximum Gasteiger partial charge on any atom is 0.408 e. The van der Waals surface area contributed by atoms with Crippen LogP contribution in [0.15, 0.2) is 10.7 Å². The van der Waals surface area contributed by atoms with Gasteiger partial charge in [-0.2, -0.15) is 13.2 Å². The summed E-state index contributed by atoms with van der Waals surface area (Å²) in [5.41, 5.74) is 6.13.